The largest absolute Gasteiger partial charge is 0.462 e. The van der Waals surface area contributed by atoms with Crippen molar-refractivity contribution in [3.63, 3.8) is 0 Å². The van der Waals surface area contributed by atoms with Crippen LogP contribution in [0, 0.1) is 0 Å². The molecule has 0 aromatic heterocycles. The fraction of sp³-hybridized carbons (Fsp3) is 0.805. The molecule has 482 valence electrons. The van der Waals surface area contributed by atoms with Crippen molar-refractivity contribution in [1.82, 2.24) is 0 Å². The van der Waals surface area contributed by atoms with E-state index in [1.807, 2.05) is 0 Å². The van der Waals surface area contributed by atoms with Crippen molar-refractivity contribution < 1.29 is 28.6 Å². The molecule has 0 amide bonds. The van der Waals surface area contributed by atoms with E-state index in [0.717, 1.165) is 96.3 Å². The summed E-state index contributed by atoms with van der Waals surface area (Å²) in [5.41, 5.74) is 0. The lowest BCUT2D eigenvalue weighted by Gasteiger charge is -2.18. The Morgan fingerprint density at radius 3 is 0.747 bits per heavy atom. The van der Waals surface area contributed by atoms with Gasteiger partial charge in [0.2, 0.25) is 0 Å². The zero-order valence-electron chi connectivity index (χ0n) is 55.5. The average Bonchev–Trinajstić information content (AvgIpc) is 3.50. The van der Waals surface area contributed by atoms with Crippen molar-refractivity contribution in [2.24, 2.45) is 0 Å². The van der Waals surface area contributed by atoms with Gasteiger partial charge in [0.05, 0.1) is 0 Å². The molecule has 0 aromatic carbocycles. The summed E-state index contributed by atoms with van der Waals surface area (Å²) in [7, 11) is 0. The van der Waals surface area contributed by atoms with Gasteiger partial charge in [0.15, 0.2) is 6.10 Å². The average molecular weight is 1160 g/mol. The van der Waals surface area contributed by atoms with Gasteiger partial charge in [0.25, 0.3) is 0 Å². The molecule has 0 spiro atoms. The molecular formula is C77H138O6. The number of carbonyl (C=O) groups excluding carboxylic acids is 3. The van der Waals surface area contributed by atoms with Crippen LogP contribution in [0.25, 0.3) is 0 Å². The normalized spacial score (nSPS) is 12.5. The molecule has 83 heavy (non-hydrogen) atoms. The Hall–Kier alpha value is -3.15. The first-order valence-corrected chi connectivity index (χ1v) is 36.4. The van der Waals surface area contributed by atoms with E-state index in [1.165, 1.54) is 244 Å². The molecule has 0 rings (SSSR count). The predicted octanol–water partition coefficient (Wildman–Crippen LogP) is 25.2. The van der Waals surface area contributed by atoms with Crippen LogP contribution >= 0.6 is 0 Å². The first-order chi connectivity index (χ1) is 41.0. The van der Waals surface area contributed by atoms with Gasteiger partial charge in [0.1, 0.15) is 13.2 Å². The molecule has 6 nitrogen and oxygen atoms in total. The molecular weight excluding hydrogens is 1020 g/mol. The maximum absolute atomic E-state index is 13.0. The van der Waals surface area contributed by atoms with E-state index in [0.29, 0.717) is 19.3 Å². The predicted molar refractivity (Wildman–Crippen MR) is 362 cm³/mol. The van der Waals surface area contributed by atoms with Crippen LogP contribution in [0.4, 0.5) is 0 Å². The minimum Gasteiger partial charge on any atom is -0.462 e. The van der Waals surface area contributed by atoms with Gasteiger partial charge in [-0.05, 0) is 109 Å². The minimum atomic E-state index is -0.788. The third-order valence-corrected chi connectivity index (χ3v) is 16.2. The third kappa shape index (κ3) is 69.5. The summed E-state index contributed by atoms with van der Waals surface area (Å²) < 4.78 is 17.0. The maximum atomic E-state index is 13.0. The molecule has 0 heterocycles. The summed E-state index contributed by atoms with van der Waals surface area (Å²) in [5, 5.41) is 0. The molecule has 0 fully saturated rings. The summed E-state index contributed by atoms with van der Waals surface area (Å²) in [6.45, 7) is 6.56. The summed E-state index contributed by atoms with van der Waals surface area (Å²) in [6, 6.07) is 0. The van der Waals surface area contributed by atoms with Crippen LogP contribution in [0.5, 0.6) is 0 Å². The van der Waals surface area contributed by atoms with E-state index in [4.69, 9.17) is 14.2 Å². The summed E-state index contributed by atoms with van der Waals surface area (Å²) >= 11 is 0. The van der Waals surface area contributed by atoms with E-state index in [-0.39, 0.29) is 31.1 Å². The fourth-order valence-corrected chi connectivity index (χ4v) is 10.7. The van der Waals surface area contributed by atoms with Crippen LogP contribution in [0.2, 0.25) is 0 Å². The Balaban J connectivity index is 4.31. The van der Waals surface area contributed by atoms with E-state index >= 15 is 0 Å². The molecule has 0 bridgehead atoms. The highest BCUT2D eigenvalue weighted by Gasteiger charge is 2.19. The van der Waals surface area contributed by atoms with Crippen LogP contribution < -0.4 is 0 Å². The van der Waals surface area contributed by atoms with Gasteiger partial charge in [-0.2, -0.15) is 0 Å². The molecule has 0 saturated carbocycles. The smallest absolute Gasteiger partial charge is 0.306 e. The standard InChI is InChI=1S/C77H138O6/c1-4-7-10-13-16-19-22-25-28-31-33-35-36-37-38-39-40-42-43-46-49-52-55-58-61-64-67-70-76(79)82-73-74(72-81-75(78)69-66-63-60-57-54-51-48-45-30-27-24-21-18-15-12-9-6-3)83-77(80)71-68-65-62-59-56-53-50-47-44-41-34-32-29-26-23-20-17-14-11-8-5-2/h9,12,18,21,27,30-34,48,51,74H,4-8,10-11,13-17,19-20,22-26,28-29,35-47,49-50,52-73H2,1-3H3/b12-9-,21-18-,30-27-,33-31-,34-32-,51-48-. The van der Waals surface area contributed by atoms with Gasteiger partial charge < -0.3 is 14.2 Å². The SMILES string of the molecule is CC/C=C\C/C=C\C/C=C\C/C=C\CCCCCCC(=O)OCC(COC(=O)CCCCCCCCCCCCCCCCC/C=C\CCCCCCCCCC)OC(=O)CCCCCCCCCCC/C=C\CCCCCCCCCC. The highest BCUT2D eigenvalue weighted by molar-refractivity contribution is 5.71. The minimum absolute atomic E-state index is 0.0813. The molecule has 0 aliphatic heterocycles. The Kier molecular flexibility index (Phi) is 68.6. The van der Waals surface area contributed by atoms with Crippen LogP contribution in [0.15, 0.2) is 72.9 Å². The van der Waals surface area contributed by atoms with Crippen molar-refractivity contribution in [2.75, 3.05) is 13.2 Å². The second-order valence-corrected chi connectivity index (χ2v) is 24.5. The van der Waals surface area contributed by atoms with Crippen molar-refractivity contribution in [3.05, 3.63) is 72.9 Å². The molecule has 1 atom stereocenters. The molecule has 0 aliphatic carbocycles. The maximum Gasteiger partial charge on any atom is 0.306 e. The van der Waals surface area contributed by atoms with Crippen LogP contribution in [-0.2, 0) is 28.6 Å². The van der Waals surface area contributed by atoms with Crippen molar-refractivity contribution in [3.8, 4) is 0 Å². The third-order valence-electron chi connectivity index (χ3n) is 16.2. The molecule has 0 aromatic rings. The van der Waals surface area contributed by atoms with Crippen LogP contribution in [-0.4, -0.2) is 37.2 Å². The number of esters is 3. The highest BCUT2D eigenvalue weighted by Crippen LogP contribution is 2.18. The first-order valence-electron chi connectivity index (χ1n) is 36.4. The topological polar surface area (TPSA) is 78.9 Å². The molecule has 6 heteroatoms. The number of hydrogen-bond acceptors (Lipinski definition) is 6. The number of carbonyl (C=O) groups is 3. The summed E-state index contributed by atoms with van der Waals surface area (Å²) in [5.74, 6) is -0.886. The van der Waals surface area contributed by atoms with Crippen LogP contribution in [0.3, 0.4) is 0 Å². The lowest BCUT2D eigenvalue weighted by Crippen LogP contribution is -2.30. The highest BCUT2D eigenvalue weighted by atomic mass is 16.6. The summed E-state index contributed by atoms with van der Waals surface area (Å²) in [4.78, 5) is 38.5. The van der Waals surface area contributed by atoms with E-state index < -0.39 is 6.10 Å². The lowest BCUT2D eigenvalue weighted by molar-refractivity contribution is -0.167. The van der Waals surface area contributed by atoms with Gasteiger partial charge in [-0.25, -0.2) is 0 Å². The number of ether oxygens (including phenoxy) is 3. The Labute approximate surface area is 516 Å². The Morgan fingerprint density at radius 2 is 0.470 bits per heavy atom. The van der Waals surface area contributed by atoms with Crippen molar-refractivity contribution in [1.29, 1.82) is 0 Å². The lowest BCUT2D eigenvalue weighted by atomic mass is 10.0. The van der Waals surface area contributed by atoms with Gasteiger partial charge in [0, 0.05) is 19.3 Å². The Morgan fingerprint density at radius 1 is 0.253 bits per heavy atom. The van der Waals surface area contributed by atoms with E-state index in [2.05, 4.69) is 93.7 Å². The molecule has 0 radical (unpaired) electrons. The molecule has 0 aliphatic rings. The molecule has 0 N–H and O–H groups in total. The van der Waals surface area contributed by atoms with E-state index in [1.54, 1.807) is 0 Å². The summed E-state index contributed by atoms with van der Waals surface area (Å²) in [6.07, 6.45) is 93.7. The van der Waals surface area contributed by atoms with Crippen molar-refractivity contribution in [2.45, 2.75) is 386 Å². The quantitative estimate of drug-likeness (QED) is 0.0261. The first kappa shape index (κ1) is 79.8. The van der Waals surface area contributed by atoms with E-state index in [9.17, 15) is 14.4 Å². The number of allylic oxidation sites excluding steroid dienone is 12. The number of hydrogen-bond donors (Lipinski definition) is 0. The van der Waals surface area contributed by atoms with Gasteiger partial charge >= 0.3 is 17.9 Å². The zero-order chi connectivity index (χ0) is 59.9. The monoisotopic (exact) mass is 1160 g/mol. The van der Waals surface area contributed by atoms with Crippen molar-refractivity contribution >= 4 is 17.9 Å². The number of unbranched alkanes of at least 4 members (excludes halogenated alkanes) is 44. The van der Waals surface area contributed by atoms with Gasteiger partial charge in [-0.15, -0.1) is 0 Å². The number of rotatable bonds is 67. The van der Waals surface area contributed by atoms with Gasteiger partial charge in [-0.1, -0.05) is 325 Å². The zero-order valence-corrected chi connectivity index (χ0v) is 55.5. The fourth-order valence-electron chi connectivity index (χ4n) is 10.7. The second kappa shape index (κ2) is 71.3. The van der Waals surface area contributed by atoms with Crippen LogP contribution in [0.1, 0.15) is 380 Å². The Bertz CT molecular complexity index is 1520. The molecule has 0 saturated heterocycles. The van der Waals surface area contributed by atoms with Gasteiger partial charge in [-0.3, -0.25) is 14.4 Å². The second-order valence-electron chi connectivity index (χ2n) is 24.5. The molecule has 1 unspecified atom stereocenters.